The predicted octanol–water partition coefficient (Wildman–Crippen LogP) is 1.29. The molecule has 158 valence electrons. The standard InChI is InChI=1S/C21H23N3O5S/c1-28-17-6-2-5-16(8-17)20(25)23-12-18-9-19-21(13-23,29-18)14-24(30(19,26)27)11-15-4-3-7-22-10-15/h2-8,10,18-19H,9,11-14H2,1H3/t18-,19+,21+/m0/s1. The summed E-state index contributed by atoms with van der Waals surface area (Å²) in [6, 6.07) is 10.7. The average molecular weight is 429 g/mol. The molecule has 30 heavy (non-hydrogen) atoms. The number of hydrogen-bond acceptors (Lipinski definition) is 6. The molecule has 3 aliphatic heterocycles. The van der Waals surface area contributed by atoms with E-state index in [0.29, 0.717) is 24.3 Å². The number of aromatic nitrogens is 1. The molecule has 2 bridgehead atoms. The van der Waals surface area contributed by atoms with Crippen LogP contribution in [0.25, 0.3) is 0 Å². The van der Waals surface area contributed by atoms with E-state index in [0.717, 1.165) is 5.56 Å². The molecule has 4 heterocycles. The van der Waals surface area contributed by atoms with Crippen LogP contribution in [0.2, 0.25) is 0 Å². The van der Waals surface area contributed by atoms with Crippen molar-refractivity contribution in [3.63, 3.8) is 0 Å². The van der Waals surface area contributed by atoms with Crippen molar-refractivity contribution < 1.29 is 22.7 Å². The molecular weight excluding hydrogens is 406 g/mol. The summed E-state index contributed by atoms with van der Waals surface area (Å²) in [5.41, 5.74) is 0.462. The van der Waals surface area contributed by atoms with Gasteiger partial charge in [-0.2, -0.15) is 4.31 Å². The number of sulfonamides is 1. The number of morpholine rings is 1. The molecule has 1 amide bonds. The zero-order chi connectivity index (χ0) is 20.9. The van der Waals surface area contributed by atoms with E-state index in [1.165, 1.54) is 4.31 Å². The Morgan fingerprint density at radius 3 is 2.93 bits per heavy atom. The fourth-order valence-corrected chi connectivity index (χ4v) is 7.17. The van der Waals surface area contributed by atoms with Crippen LogP contribution >= 0.6 is 0 Å². The Morgan fingerprint density at radius 1 is 1.30 bits per heavy atom. The first-order valence-electron chi connectivity index (χ1n) is 9.90. The van der Waals surface area contributed by atoms with Crippen LogP contribution in [0.3, 0.4) is 0 Å². The minimum atomic E-state index is -3.53. The zero-order valence-corrected chi connectivity index (χ0v) is 17.4. The van der Waals surface area contributed by atoms with E-state index >= 15 is 0 Å². The highest BCUT2D eigenvalue weighted by molar-refractivity contribution is 7.90. The molecule has 8 nitrogen and oxygen atoms in total. The molecule has 0 N–H and O–H groups in total. The maximum absolute atomic E-state index is 13.3. The smallest absolute Gasteiger partial charge is 0.254 e. The van der Waals surface area contributed by atoms with Crippen molar-refractivity contribution in [3.8, 4) is 5.75 Å². The van der Waals surface area contributed by atoms with Crippen LogP contribution in [0.4, 0.5) is 0 Å². The lowest BCUT2D eigenvalue weighted by molar-refractivity contribution is -0.0980. The summed E-state index contributed by atoms with van der Waals surface area (Å²) in [6.45, 7) is 1.15. The van der Waals surface area contributed by atoms with Gasteiger partial charge in [-0.05, 0) is 36.2 Å². The number of benzene rings is 1. The van der Waals surface area contributed by atoms with Crippen LogP contribution in [0.15, 0.2) is 48.8 Å². The Morgan fingerprint density at radius 2 is 2.17 bits per heavy atom. The molecule has 1 spiro atoms. The second-order valence-electron chi connectivity index (χ2n) is 8.12. The number of carbonyl (C=O) groups excluding carboxylic acids is 1. The van der Waals surface area contributed by atoms with Crippen LogP contribution in [0.1, 0.15) is 22.3 Å². The van der Waals surface area contributed by atoms with Crippen LogP contribution in [0.5, 0.6) is 5.75 Å². The van der Waals surface area contributed by atoms with Crippen molar-refractivity contribution in [3.05, 3.63) is 59.9 Å². The SMILES string of the molecule is COc1cccc(C(=O)N2C[C@@H]3C[C@@H]4[C@@](C2)(CN(Cc2cccnc2)S4(=O)=O)O3)c1. The molecule has 5 rings (SSSR count). The Kier molecular flexibility index (Phi) is 4.57. The van der Waals surface area contributed by atoms with Crippen molar-refractivity contribution in [2.24, 2.45) is 0 Å². The Balaban J connectivity index is 1.40. The molecule has 1 aromatic carbocycles. The van der Waals surface area contributed by atoms with E-state index in [4.69, 9.17) is 9.47 Å². The summed E-state index contributed by atoms with van der Waals surface area (Å²) in [6.07, 6.45) is 3.47. The number of carbonyl (C=O) groups is 1. The van der Waals surface area contributed by atoms with Gasteiger partial charge in [0, 0.05) is 37.6 Å². The van der Waals surface area contributed by atoms with Crippen molar-refractivity contribution in [2.45, 2.75) is 29.9 Å². The summed E-state index contributed by atoms with van der Waals surface area (Å²) >= 11 is 0. The summed E-state index contributed by atoms with van der Waals surface area (Å²) < 4.78 is 39.4. The van der Waals surface area contributed by atoms with Gasteiger partial charge in [0.15, 0.2) is 0 Å². The van der Waals surface area contributed by atoms with Gasteiger partial charge in [-0.1, -0.05) is 12.1 Å². The quantitative estimate of drug-likeness (QED) is 0.728. The highest BCUT2D eigenvalue weighted by Gasteiger charge is 2.65. The van der Waals surface area contributed by atoms with Crippen molar-refractivity contribution in [1.82, 2.24) is 14.2 Å². The van der Waals surface area contributed by atoms with E-state index in [1.54, 1.807) is 54.7 Å². The second kappa shape index (κ2) is 7.04. The Hall–Kier alpha value is -2.49. The van der Waals surface area contributed by atoms with Gasteiger partial charge in [0.25, 0.3) is 5.91 Å². The summed E-state index contributed by atoms with van der Waals surface area (Å²) in [4.78, 5) is 19.0. The van der Waals surface area contributed by atoms with Gasteiger partial charge in [-0.25, -0.2) is 8.42 Å². The summed E-state index contributed by atoms with van der Waals surface area (Å²) in [5, 5.41) is -0.630. The molecule has 2 aromatic rings. The molecule has 0 unspecified atom stereocenters. The molecule has 1 aromatic heterocycles. The van der Waals surface area contributed by atoms with Gasteiger partial charge in [0.05, 0.1) is 19.8 Å². The molecule has 0 saturated carbocycles. The Labute approximate surface area is 175 Å². The van der Waals surface area contributed by atoms with Gasteiger partial charge in [-0.3, -0.25) is 9.78 Å². The minimum absolute atomic E-state index is 0.134. The first kappa shape index (κ1) is 19.5. The number of fused-ring (bicyclic) bond motifs is 1. The Bertz CT molecular complexity index is 1080. The second-order valence-corrected chi connectivity index (χ2v) is 10.2. The largest absolute Gasteiger partial charge is 0.497 e. The first-order valence-corrected chi connectivity index (χ1v) is 11.4. The molecule has 3 saturated heterocycles. The van der Waals surface area contributed by atoms with Gasteiger partial charge >= 0.3 is 0 Å². The number of ether oxygens (including phenoxy) is 2. The molecule has 3 fully saturated rings. The van der Waals surface area contributed by atoms with Gasteiger partial charge < -0.3 is 14.4 Å². The van der Waals surface area contributed by atoms with Crippen LogP contribution in [-0.4, -0.2) is 72.2 Å². The van der Waals surface area contributed by atoms with Crippen molar-refractivity contribution in [2.75, 3.05) is 26.7 Å². The summed E-state index contributed by atoms with van der Waals surface area (Å²) in [5.74, 6) is 0.476. The fourth-order valence-electron chi connectivity index (χ4n) is 4.88. The molecule has 3 atom stereocenters. The van der Waals surface area contributed by atoms with Crippen LogP contribution in [0, 0.1) is 0 Å². The highest BCUT2D eigenvalue weighted by atomic mass is 32.2. The topological polar surface area (TPSA) is 89.0 Å². The van der Waals surface area contributed by atoms with Crippen molar-refractivity contribution >= 4 is 15.9 Å². The molecule has 0 aliphatic carbocycles. The van der Waals surface area contributed by atoms with E-state index in [1.807, 2.05) is 6.07 Å². The van der Waals surface area contributed by atoms with E-state index in [2.05, 4.69) is 4.98 Å². The third-order valence-electron chi connectivity index (χ3n) is 6.20. The van der Waals surface area contributed by atoms with E-state index in [-0.39, 0.29) is 31.6 Å². The number of amides is 1. The number of rotatable bonds is 4. The number of pyridine rings is 1. The van der Waals surface area contributed by atoms with Crippen LogP contribution in [-0.2, 0) is 21.3 Å². The lowest BCUT2D eigenvalue weighted by Gasteiger charge is -2.39. The molecule has 3 aliphatic rings. The first-order chi connectivity index (χ1) is 14.4. The maximum Gasteiger partial charge on any atom is 0.254 e. The lowest BCUT2D eigenvalue weighted by Crippen LogP contribution is -2.56. The molecule has 0 radical (unpaired) electrons. The average Bonchev–Trinajstić information content (AvgIpc) is 3.13. The maximum atomic E-state index is 13.3. The number of hydrogen-bond donors (Lipinski definition) is 0. The van der Waals surface area contributed by atoms with E-state index < -0.39 is 20.9 Å². The lowest BCUT2D eigenvalue weighted by atomic mass is 9.99. The van der Waals surface area contributed by atoms with E-state index in [9.17, 15) is 13.2 Å². The molecular formula is C21H23N3O5S. The number of likely N-dealkylation sites (tertiary alicyclic amines) is 1. The molecule has 9 heteroatoms. The number of methoxy groups -OCH3 is 1. The monoisotopic (exact) mass is 429 g/mol. The van der Waals surface area contributed by atoms with Crippen molar-refractivity contribution in [1.29, 1.82) is 0 Å². The highest BCUT2D eigenvalue weighted by Crippen LogP contribution is 2.47. The third-order valence-corrected chi connectivity index (χ3v) is 8.52. The van der Waals surface area contributed by atoms with Gasteiger partial charge in [0.1, 0.15) is 16.6 Å². The summed E-state index contributed by atoms with van der Waals surface area (Å²) in [7, 11) is -1.97. The zero-order valence-electron chi connectivity index (χ0n) is 16.6. The predicted molar refractivity (Wildman–Crippen MR) is 108 cm³/mol. The normalized spacial score (nSPS) is 29.6. The van der Waals surface area contributed by atoms with Crippen LogP contribution < -0.4 is 4.74 Å². The minimum Gasteiger partial charge on any atom is -0.497 e. The van der Waals surface area contributed by atoms with Gasteiger partial charge in [-0.15, -0.1) is 0 Å². The van der Waals surface area contributed by atoms with Gasteiger partial charge in [0.2, 0.25) is 10.0 Å². The number of nitrogens with zero attached hydrogens (tertiary/aromatic N) is 3. The fraction of sp³-hybridized carbons (Fsp3) is 0.429. The third kappa shape index (κ3) is 3.08.